The number of rotatable bonds is 3. The maximum Gasteiger partial charge on any atom is 0.263 e. The molecule has 0 aromatic heterocycles. The molecule has 0 aliphatic carbocycles. The molecule has 0 bridgehead atoms. The van der Waals surface area contributed by atoms with Gasteiger partial charge in [-0.2, -0.15) is 0 Å². The highest BCUT2D eigenvalue weighted by atomic mass is 35.5. The van der Waals surface area contributed by atoms with E-state index in [4.69, 9.17) is 11.6 Å². The van der Waals surface area contributed by atoms with E-state index in [2.05, 4.69) is 4.72 Å². The van der Waals surface area contributed by atoms with E-state index in [1.54, 1.807) is 0 Å². The summed E-state index contributed by atoms with van der Waals surface area (Å²) in [4.78, 5) is -0.277. The minimum Gasteiger partial charge on any atom is -0.279 e. The molecule has 2 aromatic rings. The van der Waals surface area contributed by atoms with Crippen molar-refractivity contribution in [3.05, 3.63) is 58.6 Å². The van der Waals surface area contributed by atoms with Crippen LogP contribution in [0.1, 0.15) is 26.3 Å². The zero-order chi connectivity index (χ0) is 17.4. The van der Waals surface area contributed by atoms with Crippen molar-refractivity contribution in [2.45, 2.75) is 31.1 Å². The second-order valence-corrected chi connectivity index (χ2v) is 8.18. The largest absolute Gasteiger partial charge is 0.279 e. The van der Waals surface area contributed by atoms with Gasteiger partial charge in [-0.25, -0.2) is 17.2 Å². The predicted molar refractivity (Wildman–Crippen MR) is 87.3 cm³/mol. The number of sulfonamides is 1. The normalized spacial score (nSPS) is 12.3. The molecule has 0 amide bonds. The number of halogens is 3. The first-order chi connectivity index (χ1) is 10.5. The number of nitrogens with one attached hydrogen (secondary N) is 1. The van der Waals surface area contributed by atoms with Crippen LogP contribution in [0.5, 0.6) is 0 Å². The fourth-order valence-corrected chi connectivity index (χ4v) is 3.67. The van der Waals surface area contributed by atoms with Gasteiger partial charge in [0.25, 0.3) is 10.0 Å². The minimum absolute atomic E-state index is 0.0656. The Kier molecular flexibility index (Phi) is 4.69. The fourth-order valence-electron chi connectivity index (χ4n) is 2.09. The van der Waals surface area contributed by atoms with Crippen LogP contribution in [0.15, 0.2) is 41.3 Å². The Hall–Kier alpha value is -1.66. The Morgan fingerprint density at radius 3 is 2.22 bits per heavy atom. The summed E-state index contributed by atoms with van der Waals surface area (Å²) in [6.07, 6.45) is 0. The summed E-state index contributed by atoms with van der Waals surface area (Å²) in [5, 5.41) is -0.246. The van der Waals surface area contributed by atoms with E-state index in [1.807, 2.05) is 20.8 Å². The van der Waals surface area contributed by atoms with Crippen molar-refractivity contribution >= 4 is 27.3 Å². The molecular weight excluding hydrogens is 344 g/mol. The highest BCUT2D eigenvalue weighted by Crippen LogP contribution is 2.29. The molecule has 23 heavy (non-hydrogen) atoms. The lowest BCUT2D eigenvalue weighted by Crippen LogP contribution is -2.16. The zero-order valence-corrected chi connectivity index (χ0v) is 14.4. The first-order valence-corrected chi connectivity index (χ1v) is 8.65. The van der Waals surface area contributed by atoms with Crippen molar-refractivity contribution < 1.29 is 17.2 Å². The molecule has 0 aliphatic rings. The van der Waals surface area contributed by atoms with E-state index in [1.165, 1.54) is 12.1 Å². The number of hydrogen-bond donors (Lipinski definition) is 1. The van der Waals surface area contributed by atoms with Crippen molar-refractivity contribution in [1.29, 1.82) is 0 Å². The summed E-state index contributed by atoms with van der Waals surface area (Å²) in [5.41, 5.74) is 0.137. The first kappa shape index (κ1) is 17.7. The van der Waals surface area contributed by atoms with Crippen molar-refractivity contribution in [2.75, 3.05) is 4.72 Å². The topological polar surface area (TPSA) is 46.2 Å². The number of hydrogen-bond acceptors (Lipinski definition) is 2. The van der Waals surface area contributed by atoms with Crippen LogP contribution in [0.3, 0.4) is 0 Å². The van der Waals surface area contributed by atoms with Crippen LogP contribution >= 0.6 is 11.6 Å². The van der Waals surface area contributed by atoms with E-state index in [0.29, 0.717) is 5.56 Å². The van der Waals surface area contributed by atoms with Gasteiger partial charge in [0.05, 0.1) is 10.7 Å². The molecule has 0 atom stereocenters. The second kappa shape index (κ2) is 6.09. The number of anilines is 1. The Morgan fingerprint density at radius 1 is 1.04 bits per heavy atom. The molecule has 2 aromatic carbocycles. The van der Waals surface area contributed by atoms with Crippen LogP contribution in [0.2, 0.25) is 5.02 Å². The van der Waals surface area contributed by atoms with Crippen molar-refractivity contribution in [1.82, 2.24) is 0 Å². The fraction of sp³-hybridized carbons (Fsp3) is 0.250. The standard InChI is InChI=1S/C16H16ClF2NO2S/c1-16(2,3)12-6-5-11(9-14(12)19)20-23(21,22)15-7-4-10(18)8-13(15)17/h4-9,20H,1-3H3. The maximum atomic E-state index is 14.1. The molecule has 0 spiro atoms. The lowest BCUT2D eigenvalue weighted by Gasteiger charge is -2.20. The molecule has 0 saturated heterocycles. The van der Waals surface area contributed by atoms with E-state index in [9.17, 15) is 17.2 Å². The van der Waals surface area contributed by atoms with Gasteiger partial charge in [-0.05, 0) is 41.3 Å². The average molecular weight is 360 g/mol. The monoisotopic (exact) mass is 359 g/mol. The Balaban J connectivity index is 2.36. The van der Waals surface area contributed by atoms with Gasteiger partial charge >= 0.3 is 0 Å². The van der Waals surface area contributed by atoms with E-state index >= 15 is 0 Å². The van der Waals surface area contributed by atoms with E-state index in [0.717, 1.165) is 24.3 Å². The summed E-state index contributed by atoms with van der Waals surface area (Å²) in [7, 11) is -4.04. The highest BCUT2D eigenvalue weighted by Gasteiger charge is 2.21. The van der Waals surface area contributed by atoms with Gasteiger partial charge in [-0.3, -0.25) is 4.72 Å². The van der Waals surface area contributed by atoms with E-state index < -0.39 is 27.1 Å². The lowest BCUT2D eigenvalue weighted by atomic mass is 9.86. The van der Waals surface area contributed by atoms with Crippen LogP contribution in [-0.2, 0) is 15.4 Å². The van der Waals surface area contributed by atoms with Gasteiger partial charge < -0.3 is 0 Å². The molecule has 124 valence electrons. The Morgan fingerprint density at radius 2 is 1.70 bits per heavy atom. The van der Waals surface area contributed by atoms with Crippen LogP contribution in [0.25, 0.3) is 0 Å². The summed E-state index contributed by atoms with van der Waals surface area (Å²) in [5.74, 6) is -1.16. The molecule has 0 radical (unpaired) electrons. The third kappa shape index (κ3) is 4.00. The summed E-state index contributed by atoms with van der Waals surface area (Å²) in [6, 6.07) is 7.05. The van der Waals surface area contributed by atoms with Crippen molar-refractivity contribution in [3.63, 3.8) is 0 Å². The van der Waals surface area contributed by atoms with Gasteiger partial charge in [0.2, 0.25) is 0 Å². The van der Waals surface area contributed by atoms with Crippen LogP contribution in [-0.4, -0.2) is 8.42 Å². The molecule has 2 rings (SSSR count). The highest BCUT2D eigenvalue weighted by molar-refractivity contribution is 7.92. The third-order valence-corrected chi connectivity index (χ3v) is 5.08. The van der Waals surface area contributed by atoms with Gasteiger partial charge in [0.1, 0.15) is 16.5 Å². The number of benzene rings is 2. The average Bonchev–Trinajstić information content (AvgIpc) is 2.35. The summed E-state index contributed by atoms with van der Waals surface area (Å²) < 4.78 is 54.0. The molecule has 1 N–H and O–H groups in total. The van der Waals surface area contributed by atoms with Gasteiger partial charge in [-0.1, -0.05) is 38.4 Å². The summed E-state index contributed by atoms with van der Waals surface area (Å²) in [6.45, 7) is 5.56. The Labute approximate surface area is 139 Å². The Bertz CT molecular complexity index is 846. The third-order valence-electron chi connectivity index (χ3n) is 3.21. The maximum absolute atomic E-state index is 14.1. The molecule has 0 unspecified atom stereocenters. The molecule has 0 fully saturated rings. The lowest BCUT2D eigenvalue weighted by molar-refractivity contribution is 0.523. The van der Waals surface area contributed by atoms with Gasteiger partial charge in [-0.15, -0.1) is 0 Å². The first-order valence-electron chi connectivity index (χ1n) is 6.78. The van der Waals surface area contributed by atoms with Gasteiger partial charge in [0, 0.05) is 0 Å². The quantitative estimate of drug-likeness (QED) is 0.862. The van der Waals surface area contributed by atoms with Crippen LogP contribution < -0.4 is 4.72 Å². The molecular formula is C16H16ClF2NO2S. The van der Waals surface area contributed by atoms with Gasteiger partial charge in [0.15, 0.2) is 0 Å². The predicted octanol–water partition coefficient (Wildman–Crippen LogP) is 4.72. The molecule has 7 heteroatoms. The summed E-state index contributed by atoms with van der Waals surface area (Å²) >= 11 is 5.76. The molecule has 3 nitrogen and oxygen atoms in total. The zero-order valence-electron chi connectivity index (χ0n) is 12.8. The van der Waals surface area contributed by atoms with Crippen LogP contribution in [0.4, 0.5) is 14.5 Å². The minimum atomic E-state index is -4.04. The molecule has 0 heterocycles. The molecule has 0 aliphatic heterocycles. The smallest absolute Gasteiger partial charge is 0.263 e. The molecule has 0 saturated carbocycles. The van der Waals surface area contributed by atoms with E-state index in [-0.39, 0.29) is 15.6 Å². The van der Waals surface area contributed by atoms with Crippen LogP contribution in [0, 0.1) is 11.6 Å². The van der Waals surface area contributed by atoms with Crippen molar-refractivity contribution in [3.8, 4) is 0 Å². The SMILES string of the molecule is CC(C)(C)c1ccc(NS(=O)(=O)c2ccc(F)cc2Cl)cc1F. The van der Waals surface area contributed by atoms with Crippen molar-refractivity contribution in [2.24, 2.45) is 0 Å². The second-order valence-electron chi connectivity index (χ2n) is 6.12.